The molecule has 0 rings (SSSR count). The van der Waals surface area contributed by atoms with Gasteiger partial charge < -0.3 is 14.4 Å². The van der Waals surface area contributed by atoms with Crippen molar-refractivity contribution in [2.24, 2.45) is 0 Å². The highest BCUT2D eigenvalue weighted by Gasteiger charge is 2.25. The van der Waals surface area contributed by atoms with Crippen molar-refractivity contribution in [2.75, 3.05) is 19.8 Å². The van der Waals surface area contributed by atoms with E-state index in [1.807, 2.05) is 12.2 Å². The third kappa shape index (κ3) is 37.3. The van der Waals surface area contributed by atoms with Crippen LogP contribution in [0, 0.1) is 0 Å². The molecule has 8 nitrogen and oxygen atoms in total. The molecule has 0 aromatic rings. The fraction of sp³-hybridized carbons (Fsp3) is 0.674. The molecule has 0 saturated carbocycles. The summed E-state index contributed by atoms with van der Waals surface area (Å²) in [5.74, 6) is -0.899. The van der Waals surface area contributed by atoms with Gasteiger partial charge in [-0.25, -0.2) is 4.57 Å². The molecule has 0 aromatic carbocycles. The molecule has 0 fully saturated rings. The zero-order valence-electron chi connectivity index (χ0n) is 32.9. The average Bonchev–Trinajstić information content (AvgIpc) is 3.12. The minimum absolute atomic E-state index is 0.0156. The van der Waals surface area contributed by atoms with Crippen LogP contribution >= 0.6 is 7.82 Å². The number of carbonyl (C=O) groups excluding carboxylic acids is 2. The molecular formula is C43H73O8P. The molecular weight excluding hydrogens is 675 g/mol. The fourth-order valence-corrected chi connectivity index (χ4v) is 5.88. The first kappa shape index (κ1) is 49.5. The van der Waals surface area contributed by atoms with Crippen LogP contribution in [-0.4, -0.2) is 42.8 Å². The number of carbonyl (C=O) groups is 2. The van der Waals surface area contributed by atoms with Gasteiger partial charge in [-0.15, -0.1) is 0 Å². The van der Waals surface area contributed by atoms with Gasteiger partial charge in [-0.2, -0.15) is 0 Å². The highest BCUT2D eigenvalue weighted by molar-refractivity contribution is 7.47. The second-order valence-corrected chi connectivity index (χ2v) is 14.4. The predicted molar refractivity (Wildman–Crippen MR) is 216 cm³/mol. The zero-order valence-corrected chi connectivity index (χ0v) is 33.8. The summed E-state index contributed by atoms with van der Waals surface area (Å²) in [7, 11) is -4.30. The van der Waals surface area contributed by atoms with Crippen LogP contribution in [0.5, 0.6) is 0 Å². The largest absolute Gasteiger partial charge is 0.472 e. The van der Waals surface area contributed by atoms with E-state index in [0.717, 1.165) is 57.8 Å². The summed E-state index contributed by atoms with van der Waals surface area (Å²) in [6.07, 6.45) is 46.8. The van der Waals surface area contributed by atoms with E-state index < -0.39 is 26.5 Å². The summed E-state index contributed by atoms with van der Waals surface area (Å²) in [6, 6.07) is 0. The maximum Gasteiger partial charge on any atom is 0.472 e. The fourth-order valence-electron chi connectivity index (χ4n) is 5.12. The Bertz CT molecular complexity index is 1080. The summed E-state index contributed by atoms with van der Waals surface area (Å²) >= 11 is 0. The third-order valence-electron chi connectivity index (χ3n) is 8.04. The van der Waals surface area contributed by atoms with E-state index in [9.17, 15) is 19.0 Å². The number of esters is 2. The molecule has 0 aromatic heterocycles. The van der Waals surface area contributed by atoms with Gasteiger partial charge in [0, 0.05) is 12.8 Å². The highest BCUT2D eigenvalue weighted by atomic mass is 31.2. The van der Waals surface area contributed by atoms with Crippen LogP contribution in [0.15, 0.2) is 72.9 Å². The van der Waals surface area contributed by atoms with E-state index in [-0.39, 0.29) is 32.0 Å². The Morgan fingerprint density at radius 3 is 1.44 bits per heavy atom. The smallest absolute Gasteiger partial charge is 0.462 e. The Balaban J connectivity index is 4.27. The van der Waals surface area contributed by atoms with Crippen LogP contribution in [0.1, 0.15) is 162 Å². The van der Waals surface area contributed by atoms with Crippen molar-refractivity contribution in [3.63, 3.8) is 0 Å². The first-order valence-corrected chi connectivity index (χ1v) is 21.7. The van der Waals surface area contributed by atoms with Crippen LogP contribution in [-0.2, 0) is 32.7 Å². The van der Waals surface area contributed by atoms with E-state index in [1.54, 1.807) is 6.92 Å². The molecule has 0 amide bonds. The van der Waals surface area contributed by atoms with E-state index in [0.29, 0.717) is 6.42 Å². The summed E-state index contributed by atoms with van der Waals surface area (Å²) in [4.78, 5) is 34.6. The Labute approximate surface area is 317 Å². The monoisotopic (exact) mass is 749 g/mol. The number of ether oxygens (including phenoxy) is 2. The number of phosphoric acid groups is 1. The van der Waals surface area contributed by atoms with Gasteiger partial charge in [0.2, 0.25) is 0 Å². The van der Waals surface area contributed by atoms with Crippen molar-refractivity contribution in [1.29, 1.82) is 0 Å². The highest BCUT2D eigenvalue weighted by Crippen LogP contribution is 2.43. The normalized spacial score (nSPS) is 14.2. The number of unbranched alkanes of at least 4 members (excludes halogenated alkanes) is 12. The first-order valence-electron chi connectivity index (χ1n) is 20.2. The van der Waals surface area contributed by atoms with Crippen molar-refractivity contribution in [3.8, 4) is 0 Å². The number of hydrogen-bond acceptors (Lipinski definition) is 7. The lowest BCUT2D eigenvalue weighted by Gasteiger charge is -2.19. The molecule has 0 aliphatic rings. The van der Waals surface area contributed by atoms with Crippen molar-refractivity contribution < 1.29 is 37.6 Å². The molecule has 0 saturated heterocycles. The molecule has 0 aliphatic carbocycles. The van der Waals surface area contributed by atoms with Gasteiger partial charge in [0.05, 0.1) is 13.2 Å². The summed E-state index contributed by atoms with van der Waals surface area (Å²) in [5, 5.41) is 0. The van der Waals surface area contributed by atoms with E-state index >= 15 is 0 Å². The van der Waals surface area contributed by atoms with Crippen LogP contribution < -0.4 is 0 Å². The lowest BCUT2D eigenvalue weighted by atomic mass is 10.0. The lowest BCUT2D eigenvalue weighted by Crippen LogP contribution is -2.29. The standard InChI is InChI=1S/C43H73O8P/c1-4-7-9-11-13-15-17-19-20-21-22-23-24-26-28-30-32-34-36-38-43(45)51-41(40-50-52(46,47)49-6-3)39-48-42(44)37-35-33-31-29-27-25-18-16-14-12-10-8-5-2/h7,9,13,15,19-20,22-23,26,28,32,34,41H,4-6,8,10-12,14,16-18,21,24-25,27,29-31,33,35-40H2,1-3H3,(H,46,47)/b9-7-,15-13-,20-19-,23-22-,28-26-,34-32-. The SMILES string of the molecule is CC/C=C\C/C=C\C/C=C\C/C=C\C/C=C\C/C=C\CCC(=O)OC(COC(=O)CCCCCCCCCCCCCCC)COP(=O)(O)OCC. The van der Waals surface area contributed by atoms with Crippen LogP contribution in [0.2, 0.25) is 0 Å². The van der Waals surface area contributed by atoms with Crippen LogP contribution in [0.4, 0.5) is 0 Å². The van der Waals surface area contributed by atoms with Gasteiger partial charge in [0.15, 0.2) is 6.10 Å². The zero-order chi connectivity index (χ0) is 38.2. The van der Waals surface area contributed by atoms with Gasteiger partial charge in [-0.3, -0.25) is 18.6 Å². The number of hydrogen-bond donors (Lipinski definition) is 1. The van der Waals surface area contributed by atoms with Crippen molar-refractivity contribution in [1.82, 2.24) is 0 Å². The molecule has 52 heavy (non-hydrogen) atoms. The molecule has 2 unspecified atom stereocenters. The topological polar surface area (TPSA) is 108 Å². The Morgan fingerprint density at radius 1 is 0.538 bits per heavy atom. The minimum atomic E-state index is -4.30. The Hall–Kier alpha value is -2.51. The third-order valence-corrected chi connectivity index (χ3v) is 9.10. The van der Waals surface area contributed by atoms with Gasteiger partial charge in [0.1, 0.15) is 6.61 Å². The second kappa shape index (κ2) is 38.2. The average molecular weight is 749 g/mol. The number of allylic oxidation sites excluding steroid dienone is 12. The van der Waals surface area contributed by atoms with E-state index in [4.69, 9.17) is 18.5 Å². The molecule has 0 aliphatic heterocycles. The second-order valence-electron chi connectivity index (χ2n) is 12.9. The summed E-state index contributed by atoms with van der Waals surface area (Å²) < 4.78 is 32.5. The number of rotatable bonds is 36. The quantitative estimate of drug-likeness (QED) is 0.0292. The molecule has 1 N–H and O–H groups in total. The molecule has 0 radical (unpaired) electrons. The van der Waals surface area contributed by atoms with Gasteiger partial charge in [0.25, 0.3) is 0 Å². The van der Waals surface area contributed by atoms with Gasteiger partial charge >= 0.3 is 19.8 Å². The molecule has 0 spiro atoms. The van der Waals surface area contributed by atoms with E-state index in [1.165, 1.54) is 64.2 Å². The maximum atomic E-state index is 12.5. The van der Waals surface area contributed by atoms with Gasteiger partial charge in [-0.05, 0) is 58.3 Å². The van der Waals surface area contributed by atoms with E-state index in [2.05, 4.69) is 74.6 Å². The first-order chi connectivity index (χ1) is 25.3. The van der Waals surface area contributed by atoms with Crippen LogP contribution in [0.3, 0.4) is 0 Å². The predicted octanol–water partition coefficient (Wildman–Crippen LogP) is 12.6. The van der Waals surface area contributed by atoms with Crippen molar-refractivity contribution >= 4 is 19.8 Å². The van der Waals surface area contributed by atoms with Gasteiger partial charge in [-0.1, -0.05) is 164 Å². The van der Waals surface area contributed by atoms with Crippen molar-refractivity contribution in [3.05, 3.63) is 72.9 Å². The molecule has 0 heterocycles. The molecule has 9 heteroatoms. The maximum absolute atomic E-state index is 12.5. The Morgan fingerprint density at radius 2 is 0.981 bits per heavy atom. The Kier molecular flexibility index (Phi) is 36.4. The molecule has 298 valence electrons. The summed E-state index contributed by atoms with van der Waals surface area (Å²) in [5.41, 5.74) is 0. The minimum Gasteiger partial charge on any atom is -0.462 e. The number of phosphoric ester groups is 1. The van der Waals surface area contributed by atoms with Crippen molar-refractivity contribution in [2.45, 2.75) is 168 Å². The van der Waals surface area contributed by atoms with Crippen LogP contribution in [0.25, 0.3) is 0 Å². The molecule has 2 atom stereocenters. The lowest BCUT2D eigenvalue weighted by molar-refractivity contribution is -0.161. The molecule has 0 bridgehead atoms. The summed E-state index contributed by atoms with van der Waals surface area (Å²) in [6.45, 7) is 5.26.